The number of rotatable bonds is 4. The van der Waals surface area contributed by atoms with Crippen molar-refractivity contribution >= 4 is 12.1 Å². The Morgan fingerprint density at radius 2 is 1.88 bits per heavy atom. The molecule has 1 aromatic carbocycles. The molecule has 2 atom stereocenters. The summed E-state index contributed by atoms with van der Waals surface area (Å²) in [6.45, 7) is 1.59. The van der Waals surface area contributed by atoms with Gasteiger partial charge in [0, 0.05) is 5.92 Å². The molecule has 0 spiro atoms. The average molecular weight is 225 g/mol. The van der Waals surface area contributed by atoms with Gasteiger partial charge >= 0.3 is 12.1 Å². The van der Waals surface area contributed by atoms with Crippen LogP contribution in [0.5, 0.6) is 0 Å². The third-order valence-electron chi connectivity index (χ3n) is 2.35. The lowest BCUT2D eigenvalue weighted by Crippen LogP contribution is -2.42. The molecule has 5 heteroatoms. The quantitative estimate of drug-likeness (QED) is 0.769. The SMILES string of the molecule is CC(c1ccccc1)C(NC(=O)O)C(=O)F. The number of carbonyl (C=O) groups is 2. The van der Waals surface area contributed by atoms with Crippen molar-refractivity contribution in [2.75, 3.05) is 0 Å². The molecule has 86 valence electrons. The molecule has 0 aliphatic rings. The van der Waals surface area contributed by atoms with Gasteiger partial charge in [-0.1, -0.05) is 37.3 Å². The minimum Gasteiger partial charge on any atom is -0.465 e. The Kier molecular flexibility index (Phi) is 3.99. The predicted molar refractivity (Wildman–Crippen MR) is 55.9 cm³/mol. The summed E-state index contributed by atoms with van der Waals surface area (Å²) in [5.74, 6) is -0.546. The maximum Gasteiger partial charge on any atom is 0.405 e. The Hall–Kier alpha value is -1.91. The predicted octanol–water partition coefficient (Wildman–Crippen LogP) is 1.92. The Labute approximate surface area is 92.1 Å². The van der Waals surface area contributed by atoms with E-state index in [2.05, 4.69) is 0 Å². The van der Waals surface area contributed by atoms with E-state index in [-0.39, 0.29) is 0 Å². The molecule has 0 heterocycles. The van der Waals surface area contributed by atoms with Gasteiger partial charge < -0.3 is 10.4 Å². The molecule has 16 heavy (non-hydrogen) atoms. The average Bonchev–Trinajstić information content (AvgIpc) is 2.25. The Morgan fingerprint density at radius 1 is 1.31 bits per heavy atom. The Bertz CT molecular complexity index is 380. The zero-order valence-electron chi connectivity index (χ0n) is 8.68. The van der Waals surface area contributed by atoms with Crippen molar-refractivity contribution in [2.45, 2.75) is 18.9 Å². The number of amides is 1. The van der Waals surface area contributed by atoms with Crippen LogP contribution in [-0.2, 0) is 4.79 Å². The molecule has 0 saturated heterocycles. The van der Waals surface area contributed by atoms with Crippen molar-refractivity contribution in [1.29, 1.82) is 0 Å². The fraction of sp³-hybridized carbons (Fsp3) is 0.273. The summed E-state index contributed by atoms with van der Waals surface area (Å²) in [5, 5.41) is 10.4. The van der Waals surface area contributed by atoms with E-state index in [9.17, 15) is 14.0 Å². The Balaban J connectivity index is 2.87. The summed E-state index contributed by atoms with van der Waals surface area (Å²) < 4.78 is 12.7. The first-order valence-electron chi connectivity index (χ1n) is 4.76. The van der Waals surface area contributed by atoms with E-state index in [1.807, 2.05) is 5.32 Å². The van der Waals surface area contributed by atoms with Crippen molar-refractivity contribution in [1.82, 2.24) is 5.32 Å². The smallest absolute Gasteiger partial charge is 0.405 e. The first kappa shape index (κ1) is 12.2. The third kappa shape index (κ3) is 3.05. The molecule has 0 bridgehead atoms. The molecule has 0 radical (unpaired) electrons. The Morgan fingerprint density at radius 3 is 2.31 bits per heavy atom. The van der Waals surface area contributed by atoms with Gasteiger partial charge in [-0.3, -0.25) is 4.79 Å². The van der Waals surface area contributed by atoms with Gasteiger partial charge in [-0.15, -0.1) is 0 Å². The summed E-state index contributed by atoms with van der Waals surface area (Å²) >= 11 is 0. The van der Waals surface area contributed by atoms with Crippen molar-refractivity contribution in [2.24, 2.45) is 0 Å². The van der Waals surface area contributed by atoms with Gasteiger partial charge in [0.25, 0.3) is 0 Å². The lowest BCUT2D eigenvalue weighted by molar-refractivity contribution is -0.131. The first-order valence-corrected chi connectivity index (χ1v) is 4.76. The highest BCUT2D eigenvalue weighted by molar-refractivity contribution is 5.80. The molecule has 0 aromatic heterocycles. The van der Waals surface area contributed by atoms with Crippen molar-refractivity contribution in [3.8, 4) is 0 Å². The number of benzene rings is 1. The van der Waals surface area contributed by atoms with Crippen molar-refractivity contribution < 1.29 is 19.1 Å². The fourth-order valence-electron chi connectivity index (χ4n) is 1.46. The van der Waals surface area contributed by atoms with Gasteiger partial charge in [0.2, 0.25) is 0 Å². The highest BCUT2D eigenvalue weighted by Gasteiger charge is 2.27. The molecule has 1 rings (SSSR count). The normalized spacial score (nSPS) is 13.9. The van der Waals surface area contributed by atoms with E-state index in [1.165, 1.54) is 0 Å². The van der Waals surface area contributed by atoms with Gasteiger partial charge in [-0.2, -0.15) is 4.39 Å². The zero-order chi connectivity index (χ0) is 12.1. The maximum atomic E-state index is 12.7. The molecule has 2 unspecified atom stereocenters. The van der Waals surface area contributed by atoms with Gasteiger partial charge in [0.05, 0.1) is 0 Å². The second-order valence-electron chi connectivity index (χ2n) is 3.43. The summed E-state index contributed by atoms with van der Waals surface area (Å²) in [5.41, 5.74) is 0.701. The lowest BCUT2D eigenvalue weighted by Gasteiger charge is -2.19. The zero-order valence-corrected chi connectivity index (χ0v) is 8.68. The summed E-state index contributed by atoms with van der Waals surface area (Å²) in [4.78, 5) is 21.1. The van der Waals surface area contributed by atoms with Crippen LogP contribution in [0.15, 0.2) is 30.3 Å². The van der Waals surface area contributed by atoms with Gasteiger partial charge in [0.15, 0.2) is 0 Å². The molecule has 1 aromatic rings. The minimum atomic E-state index is -1.68. The highest BCUT2D eigenvalue weighted by Crippen LogP contribution is 2.19. The van der Waals surface area contributed by atoms with Gasteiger partial charge in [-0.05, 0) is 5.56 Å². The van der Waals surface area contributed by atoms with Crippen LogP contribution < -0.4 is 5.32 Å². The maximum absolute atomic E-state index is 12.7. The standard InChI is InChI=1S/C11H12FNO3/c1-7(8-5-3-2-4-6-8)9(10(12)14)13-11(15)16/h2-7,9,13H,1H3,(H,15,16). The lowest BCUT2D eigenvalue weighted by atomic mass is 9.94. The van der Waals surface area contributed by atoms with E-state index in [0.29, 0.717) is 5.56 Å². The second-order valence-corrected chi connectivity index (χ2v) is 3.43. The van der Waals surface area contributed by atoms with E-state index in [1.54, 1.807) is 37.3 Å². The minimum absolute atomic E-state index is 0.546. The van der Waals surface area contributed by atoms with Crippen LogP contribution in [0.2, 0.25) is 0 Å². The number of carboxylic acid groups (broad SMARTS) is 1. The highest BCUT2D eigenvalue weighted by atomic mass is 19.1. The number of hydrogen-bond acceptors (Lipinski definition) is 2. The monoisotopic (exact) mass is 225 g/mol. The number of nitrogens with one attached hydrogen (secondary N) is 1. The molecular formula is C11H12FNO3. The van der Waals surface area contributed by atoms with Crippen LogP contribution in [-0.4, -0.2) is 23.3 Å². The second kappa shape index (κ2) is 5.25. The van der Waals surface area contributed by atoms with Crippen LogP contribution in [0, 0.1) is 0 Å². The largest absolute Gasteiger partial charge is 0.465 e. The number of carbonyl (C=O) groups excluding carboxylic acids is 1. The summed E-state index contributed by atoms with van der Waals surface area (Å²) in [6.07, 6.45) is -1.42. The van der Waals surface area contributed by atoms with E-state index in [0.717, 1.165) is 0 Å². The van der Waals surface area contributed by atoms with Crippen molar-refractivity contribution in [3.63, 3.8) is 0 Å². The van der Waals surface area contributed by atoms with E-state index in [4.69, 9.17) is 5.11 Å². The molecule has 0 saturated carbocycles. The van der Waals surface area contributed by atoms with E-state index >= 15 is 0 Å². The molecular weight excluding hydrogens is 213 g/mol. The first-order chi connectivity index (χ1) is 7.52. The fourth-order valence-corrected chi connectivity index (χ4v) is 1.46. The van der Waals surface area contributed by atoms with Crippen LogP contribution in [0.1, 0.15) is 18.4 Å². The number of halogens is 1. The van der Waals surface area contributed by atoms with Gasteiger partial charge in [-0.25, -0.2) is 4.79 Å². The molecule has 2 N–H and O–H groups in total. The summed E-state index contributed by atoms with van der Waals surface area (Å²) in [6, 6.07) is 5.65. The van der Waals surface area contributed by atoms with Crippen LogP contribution in [0.3, 0.4) is 0 Å². The molecule has 1 amide bonds. The molecule has 0 aliphatic heterocycles. The topological polar surface area (TPSA) is 66.4 Å². The summed E-state index contributed by atoms with van der Waals surface area (Å²) in [7, 11) is 0. The third-order valence-corrected chi connectivity index (χ3v) is 2.35. The van der Waals surface area contributed by atoms with Crippen molar-refractivity contribution in [3.05, 3.63) is 35.9 Å². The molecule has 4 nitrogen and oxygen atoms in total. The van der Waals surface area contributed by atoms with Crippen LogP contribution in [0.4, 0.5) is 9.18 Å². The van der Waals surface area contributed by atoms with Crippen LogP contribution >= 0.6 is 0 Å². The molecule has 0 aliphatic carbocycles. The van der Waals surface area contributed by atoms with Crippen LogP contribution in [0.25, 0.3) is 0 Å². The van der Waals surface area contributed by atoms with Gasteiger partial charge in [0.1, 0.15) is 6.04 Å². The van der Waals surface area contributed by atoms with E-state index < -0.39 is 24.1 Å². The molecule has 0 fully saturated rings. The number of hydrogen-bond donors (Lipinski definition) is 2.